The van der Waals surface area contributed by atoms with Crippen molar-refractivity contribution in [1.82, 2.24) is 0 Å². The van der Waals surface area contributed by atoms with Crippen molar-refractivity contribution in [3.05, 3.63) is 35.4 Å². The van der Waals surface area contributed by atoms with E-state index in [1.54, 1.807) is 12.1 Å². The van der Waals surface area contributed by atoms with Crippen LogP contribution in [0.15, 0.2) is 24.3 Å². The molecule has 0 radical (unpaired) electrons. The molecule has 0 aliphatic heterocycles. The molecule has 0 fully saturated rings. The van der Waals surface area contributed by atoms with Crippen molar-refractivity contribution in [3.8, 4) is 0 Å². The van der Waals surface area contributed by atoms with E-state index >= 15 is 0 Å². The lowest BCUT2D eigenvalue weighted by molar-refractivity contribution is 0.0288. The Kier molecular flexibility index (Phi) is 2.60. The van der Waals surface area contributed by atoms with Crippen molar-refractivity contribution in [3.63, 3.8) is 0 Å². The minimum atomic E-state index is -1.27. The minimum absolute atomic E-state index is 0.443. The summed E-state index contributed by atoms with van der Waals surface area (Å²) < 4.78 is 4.77. The predicted molar refractivity (Wildman–Crippen MR) is 52.5 cm³/mol. The second-order valence-corrected chi connectivity index (χ2v) is 3.59. The molecule has 1 aliphatic rings. The first-order valence-electron chi connectivity index (χ1n) is 4.85. The summed E-state index contributed by atoms with van der Waals surface area (Å²) in [5, 5.41) is 18.3. The first-order chi connectivity index (χ1) is 7.18. The summed E-state index contributed by atoms with van der Waals surface area (Å²) in [7, 11) is 0. The first-order valence-corrected chi connectivity index (χ1v) is 4.85. The maximum Gasteiger partial charge on any atom is 0.506 e. The van der Waals surface area contributed by atoms with E-state index in [0.717, 1.165) is 11.1 Å². The monoisotopic (exact) mass is 208 g/mol. The molecular formula is C11H12O4. The largest absolute Gasteiger partial charge is 0.506 e. The Bertz CT molecular complexity index is 375. The molecule has 0 aromatic heterocycles. The van der Waals surface area contributed by atoms with Crippen LogP contribution >= 0.6 is 0 Å². The Hall–Kier alpha value is -1.55. The fourth-order valence-corrected chi connectivity index (χ4v) is 1.97. The van der Waals surface area contributed by atoms with E-state index in [1.807, 2.05) is 12.1 Å². The summed E-state index contributed by atoms with van der Waals surface area (Å²) in [5.41, 5.74) is 1.55. The lowest BCUT2D eigenvalue weighted by Gasteiger charge is -2.27. The molecule has 2 rings (SSSR count). The molecule has 0 spiro atoms. The third-order valence-corrected chi connectivity index (χ3v) is 2.65. The summed E-state index contributed by atoms with van der Waals surface area (Å²) in [4.78, 5) is 10.5. The first kappa shape index (κ1) is 9.98. The molecule has 2 N–H and O–H groups in total. The summed E-state index contributed by atoms with van der Waals surface area (Å²) in [5.74, 6) is 0. The predicted octanol–water partition coefficient (Wildman–Crippen LogP) is 2.25. The van der Waals surface area contributed by atoms with Crippen molar-refractivity contribution >= 4 is 6.16 Å². The Balaban J connectivity index is 2.31. The summed E-state index contributed by atoms with van der Waals surface area (Å²) in [6, 6.07) is 7.24. The lowest BCUT2D eigenvalue weighted by Crippen LogP contribution is -2.18. The SMILES string of the molecule is O=C(O)OC1CCC(O)c2ccccc21. The van der Waals surface area contributed by atoms with Gasteiger partial charge in [-0.05, 0) is 24.0 Å². The summed E-state index contributed by atoms with van der Waals surface area (Å²) in [6.07, 6.45) is -1.15. The molecule has 1 aromatic rings. The number of rotatable bonds is 1. The quantitative estimate of drug-likeness (QED) is 0.694. The van der Waals surface area contributed by atoms with E-state index in [2.05, 4.69) is 0 Å². The van der Waals surface area contributed by atoms with Gasteiger partial charge in [-0.1, -0.05) is 24.3 Å². The van der Waals surface area contributed by atoms with Gasteiger partial charge in [0, 0.05) is 0 Å². The van der Waals surface area contributed by atoms with E-state index in [0.29, 0.717) is 12.8 Å². The fourth-order valence-electron chi connectivity index (χ4n) is 1.97. The maximum atomic E-state index is 10.5. The van der Waals surface area contributed by atoms with Crippen LogP contribution in [0.5, 0.6) is 0 Å². The molecule has 4 nitrogen and oxygen atoms in total. The van der Waals surface area contributed by atoms with E-state index in [4.69, 9.17) is 9.84 Å². The molecule has 80 valence electrons. The van der Waals surface area contributed by atoms with Gasteiger partial charge in [-0.3, -0.25) is 0 Å². The zero-order chi connectivity index (χ0) is 10.8. The van der Waals surface area contributed by atoms with Gasteiger partial charge in [0.05, 0.1) is 6.10 Å². The van der Waals surface area contributed by atoms with Crippen molar-refractivity contribution in [2.45, 2.75) is 25.0 Å². The maximum absolute atomic E-state index is 10.5. The van der Waals surface area contributed by atoms with Gasteiger partial charge in [0.25, 0.3) is 0 Å². The van der Waals surface area contributed by atoms with Gasteiger partial charge in [-0.2, -0.15) is 0 Å². The van der Waals surface area contributed by atoms with Crippen LogP contribution in [-0.2, 0) is 4.74 Å². The van der Waals surface area contributed by atoms with Crippen molar-refractivity contribution in [1.29, 1.82) is 0 Å². The molecule has 4 heteroatoms. The Labute approximate surface area is 87.1 Å². The van der Waals surface area contributed by atoms with E-state index in [1.165, 1.54) is 0 Å². The topological polar surface area (TPSA) is 66.8 Å². The molecule has 0 amide bonds. The molecule has 0 heterocycles. The third-order valence-electron chi connectivity index (χ3n) is 2.65. The number of carboxylic acid groups (broad SMARTS) is 1. The molecule has 15 heavy (non-hydrogen) atoms. The standard InChI is InChI=1S/C11H12O4/c12-9-5-6-10(15-11(13)14)8-4-2-1-3-7(8)9/h1-4,9-10,12H,5-6H2,(H,13,14). The normalized spacial score (nSPS) is 24.3. The van der Waals surface area contributed by atoms with Gasteiger partial charge >= 0.3 is 6.16 Å². The van der Waals surface area contributed by atoms with E-state index in [9.17, 15) is 9.90 Å². The lowest BCUT2D eigenvalue weighted by atomic mass is 9.87. The molecule has 1 aromatic carbocycles. The van der Waals surface area contributed by atoms with Crippen molar-refractivity contribution in [2.75, 3.05) is 0 Å². The van der Waals surface area contributed by atoms with Crippen LogP contribution in [0.4, 0.5) is 4.79 Å². The van der Waals surface area contributed by atoms with E-state index in [-0.39, 0.29) is 0 Å². The smallest absolute Gasteiger partial charge is 0.450 e. The van der Waals surface area contributed by atoms with Gasteiger partial charge in [0.15, 0.2) is 0 Å². The summed E-state index contributed by atoms with van der Waals surface area (Å²) in [6.45, 7) is 0. The number of aliphatic hydroxyl groups is 1. The Morgan fingerprint density at radius 1 is 1.27 bits per heavy atom. The van der Waals surface area contributed by atoms with E-state index < -0.39 is 18.4 Å². The molecule has 0 saturated heterocycles. The average molecular weight is 208 g/mol. The summed E-state index contributed by atoms with van der Waals surface area (Å²) >= 11 is 0. The van der Waals surface area contributed by atoms with Crippen LogP contribution in [0.1, 0.15) is 36.2 Å². The fraction of sp³-hybridized carbons (Fsp3) is 0.364. The van der Waals surface area contributed by atoms with Crippen LogP contribution in [0.3, 0.4) is 0 Å². The molecule has 2 unspecified atom stereocenters. The number of fused-ring (bicyclic) bond motifs is 1. The van der Waals surface area contributed by atoms with Gasteiger partial charge in [-0.25, -0.2) is 4.79 Å². The number of hydrogen-bond acceptors (Lipinski definition) is 3. The van der Waals surface area contributed by atoms with Gasteiger partial charge in [0.1, 0.15) is 6.10 Å². The zero-order valence-electron chi connectivity index (χ0n) is 8.09. The molecular weight excluding hydrogens is 196 g/mol. The Morgan fingerprint density at radius 2 is 1.93 bits per heavy atom. The molecule has 1 aliphatic carbocycles. The Morgan fingerprint density at radius 3 is 2.60 bits per heavy atom. The van der Waals surface area contributed by atoms with Crippen LogP contribution < -0.4 is 0 Å². The number of benzene rings is 1. The van der Waals surface area contributed by atoms with Crippen LogP contribution in [0.25, 0.3) is 0 Å². The molecule has 2 atom stereocenters. The highest BCUT2D eigenvalue weighted by atomic mass is 16.7. The van der Waals surface area contributed by atoms with Crippen molar-refractivity contribution in [2.24, 2.45) is 0 Å². The van der Waals surface area contributed by atoms with Gasteiger partial charge in [0.2, 0.25) is 0 Å². The number of aliphatic hydroxyl groups excluding tert-OH is 1. The van der Waals surface area contributed by atoms with Crippen LogP contribution in [0.2, 0.25) is 0 Å². The second kappa shape index (κ2) is 3.90. The highest BCUT2D eigenvalue weighted by Crippen LogP contribution is 2.37. The molecule has 0 bridgehead atoms. The average Bonchev–Trinajstić information content (AvgIpc) is 2.22. The van der Waals surface area contributed by atoms with Gasteiger partial charge < -0.3 is 14.9 Å². The highest BCUT2D eigenvalue weighted by molar-refractivity contribution is 5.57. The number of hydrogen-bond donors (Lipinski definition) is 2. The second-order valence-electron chi connectivity index (χ2n) is 3.59. The minimum Gasteiger partial charge on any atom is -0.450 e. The highest BCUT2D eigenvalue weighted by Gasteiger charge is 2.27. The van der Waals surface area contributed by atoms with Crippen LogP contribution in [-0.4, -0.2) is 16.4 Å². The zero-order valence-corrected chi connectivity index (χ0v) is 8.09. The number of ether oxygens (including phenoxy) is 1. The van der Waals surface area contributed by atoms with Crippen LogP contribution in [0, 0.1) is 0 Å². The van der Waals surface area contributed by atoms with Gasteiger partial charge in [-0.15, -0.1) is 0 Å². The third kappa shape index (κ3) is 1.94. The molecule has 0 saturated carbocycles. The number of carbonyl (C=O) groups is 1. The van der Waals surface area contributed by atoms with Crippen molar-refractivity contribution < 1.29 is 19.7 Å².